The lowest BCUT2D eigenvalue weighted by atomic mass is 10.1. The summed E-state index contributed by atoms with van der Waals surface area (Å²) in [5.74, 6) is -0.906. The molecule has 2 aromatic rings. The lowest BCUT2D eigenvalue weighted by Crippen LogP contribution is -1.96. The fourth-order valence-electron chi connectivity index (χ4n) is 1.87. The number of carboxylic acid groups (broad SMARTS) is 1. The van der Waals surface area contributed by atoms with Gasteiger partial charge in [-0.15, -0.1) is 0 Å². The van der Waals surface area contributed by atoms with Crippen molar-refractivity contribution < 1.29 is 14.6 Å². The number of hydrogen-bond donors (Lipinski definition) is 1. The summed E-state index contributed by atoms with van der Waals surface area (Å²) in [6, 6.07) is 5.12. The zero-order valence-electron chi connectivity index (χ0n) is 9.23. The van der Waals surface area contributed by atoms with Crippen molar-refractivity contribution in [2.24, 2.45) is 7.05 Å². The van der Waals surface area contributed by atoms with Gasteiger partial charge in [0.05, 0.1) is 12.2 Å². The normalized spacial score (nSPS) is 10.9. The number of fused-ring (bicyclic) bond motifs is 1. The lowest BCUT2D eigenvalue weighted by Gasteiger charge is -1.99. The molecule has 0 bridgehead atoms. The van der Waals surface area contributed by atoms with Gasteiger partial charge < -0.3 is 14.4 Å². The topological polar surface area (TPSA) is 51.5 Å². The second kappa shape index (κ2) is 3.98. The smallest absolute Gasteiger partial charge is 0.335 e. The highest BCUT2D eigenvalue weighted by Crippen LogP contribution is 2.22. The van der Waals surface area contributed by atoms with Crippen LogP contribution in [-0.4, -0.2) is 22.8 Å². The lowest BCUT2D eigenvalue weighted by molar-refractivity contribution is 0.0697. The van der Waals surface area contributed by atoms with E-state index in [9.17, 15) is 4.79 Å². The first-order chi connectivity index (χ1) is 7.63. The third-order valence-corrected chi connectivity index (χ3v) is 2.62. The van der Waals surface area contributed by atoms with E-state index in [0.29, 0.717) is 12.2 Å². The van der Waals surface area contributed by atoms with E-state index in [1.807, 2.05) is 23.9 Å². The molecular weight excluding hydrogens is 206 g/mol. The number of aromatic nitrogens is 1. The molecule has 1 aromatic carbocycles. The Kier molecular flexibility index (Phi) is 2.66. The molecule has 1 N–H and O–H groups in total. The minimum absolute atomic E-state index is 0.303. The van der Waals surface area contributed by atoms with Gasteiger partial charge in [0.15, 0.2) is 0 Å². The predicted molar refractivity (Wildman–Crippen MR) is 60.6 cm³/mol. The molecule has 0 spiro atoms. The van der Waals surface area contributed by atoms with Crippen LogP contribution in [0.4, 0.5) is 0 Å². The molecule has 1 heterocycles. The first kappa shape index (κ1) is 10.7. The van der Waals surface area contributed by atoms with Gasteiger partial charge in [-0.2, -0.15) is 0 Å². The molecule has 0 saturated carbocycles. The molecule has 2 rings (SSSR count). The molecule has 0 aliphatic rings. The van der Waals surface area contributed by atoms with Crippen molar-refractivity contribution in [1.82, 2.24) is 4.57 Å². The average molecular weight is 219 g/mol. The largest absolute Gasteiger partial charge is 0.478 e. The number of carboxylic acids is 1. The van der Waals surface area contributed by atoms with Crippen LogP contribution in [0.5, 0.6) is 0 Å². The molecule has 16 heavy (non-hydrogen) atoms. The maximum atomic E-state index is 10.9. The Labute approximate surface area is 93.1 Å². The predicted octanol–water partition coefficient (Wildman–Crippen LogP) is 2.02. The van der Waals surface area contributed by atoms with Crippen LogP contribution in [0, 0.1) is 0 Å². The third-order valence-electron chi connectivity index (χ3n) is 2.62. The molecule has 0 amide bonds. The number of benzene rings is 1. The van der Waals surface area contributed by atoms with Gasteiger partial charge >= 0.3 is 5.97 Å². The van der Waals surface area contributed by atoms with Crippen LogP contribution in [0.2, 0.25) is 0 Å². The van der Waals surface area contributed by atoms with E-state index in [4.69, 9.17) is 9.84 Å². The molecule has 0 unspecified atom stereocenters. The number of methoxy groups -OCH3 is 1. The SMILES string of the molecule is COCc1cn(C)c2cc(C(=O)O)ccc12. The van der Waals surface area contributed by atoms with Gasteiger partial charge in [-0.3, -0.25) is 0 Å². The Morgan fingerprint density at radius 1 is 1.50 bits per heavy atom. The number of ether oxygens (including phenoxy) is 1. The Balaban J connectivity index is 2.61. The second-order valence-electron chi connectivity index (χ2n) is 3.74. The average Bonchev–Trinajstić information content (AvgIpc) is 2.56. The van der Waals surface area contributed by atoms with E-state index in [1.165, 1.54) is 0 Å². The van der Waals surface area contributed by atoms with Crippen molar-refractivity contribution in [1.29, 1.82) is 0 Å². The summed E-state index contributed by atoms with van der Waals surface area (Å²) in [6.07, 6.45) is 1.96. The number of hydrogen-bond acceptors (Lipinski definition) is 2. The van der Waals surface area contributed by atoms with Gasteiger partial charge in [0.1, 0.15) is 0 Å². The van der Waals surface area contributed by atoms with Gasteiger partial charge in [-0.05, 0) is 12.1 Å². The quantitative estimate of drug-likeness (QED) is 0.859. The zero-order chi connectivity index (χ0) is 11.7. The van der Waals surface area contributed by atoms with Crippen LogP contribution in [0.3, 0.4) is 0 Å². The van der Waals surface area contributed by atoms with Gasteiger partial charge in [-0.25, -0.2) is 4.79 Å². The van der Waals surface area contributed by atoms with Crippen molar-refractivity contribution in [3.05, 3.63) is 35.5 Å². The van der Waals surface area contributed by atoms with Crippen molar-refractivity contribution in [3.63, 3.8) is 0 Å². The van der Waals surface area contributed by atoms with Crippen LogP contribution in [0.25, 0.3) is 10.9 Å². The third kappa shape index (κ3) is 1.67. The van der Waals surface area contributed by atoms with Crippen molar-refractivity contribution in [3.8, 4) is 0 Å². The summed E-state index contributed by atoms with van der Waals surface area (Å²) in [4.78, 5) is 10.9. The summed E-state index contributed by atoms with van der Waals surface area (Å²) < 4.78 is 7.01. The molecular formula is C12H13NO3. The van der Waals surface area contributed by atoms with Gasteiger partial charge in [0.2, 0.25) is 0 Å². The standard InChI is InChI=1S/C12H13NO3/c1-13-6-9(7-16-2)10-4-3-8(12(14)15)5-11(10)13/h3-6H,7H2,1-2H3,(H,14,15). The van der Waals surface area contributed by atoms with E-state index in [0.717, 1.165) is 16.5 Å². The molecule has 4 heteroatoms. The molecule has 0 aliphatic heterocycles. The minimum Gasteiger partial charge on any atom is -0.478 e. The number of aryl methyl sites for hydroxylation is 1. The highest BCUT2D eigenvalue weighted by Gasteiger charge is 2.09. The van der Waals surface area contributed by atoms with Crippen molar-refractivity contribution in [2.45, 2.75) is 6.61 Å². The molecule has 84 valence electrons. The van der Waals surface area contributed by atoms with Gasteiger partial charge in [0, 0.05) is 36.8 Å². The number of carbonyl (C=O) groups is 1. The van der Waals surface area contributed by atoms with E-state index >= 15 is 0 Å². The van der Waals surface area contributed by atoms with Crippen LogP contribution in [0.15, 0.2) is 24.4 Å². The molecule has 1 aromatic heterocycles. The van der Waals surface area contributed by atoms with Crippen LogP contribution in [-0.2, 0) is 18.4 Å². The molecule has 0 aliphatic carbocycles. The van der Waals surface area contributed by atoms with E-state index in [2.05, 4.69) is 0 Å². The van der Waals surface area contributed by atoms with Crippen molar-refractivity contribution in [2.75, 3.05) is 7.11 Å². The van der Waals surface area contributed by atoms with E-state index in [1.54, 1.807) is 19.2 Å². The van der Waals surface area contributed by atoms with Crippen molar-refractivity contribution >= 4 is 16.9 Å². The highest BCUT2D eigenvalue weighted by atomic mass is 16.5. The number of aromatic carboxylic acids is 1. The summed E-state index contributed by atoms with van der Waals surface area (Å²) in [7, 11) is 3.54. The first-order valence-electron chi connectivity index (χ1n) is 4.93. The Morgan fingerprint density at radius 3 is 2.88 bits per heavy atom. The Bertz CT molecular complexity index is 542. The monoisotopic (exact) mass is 219 g/mol. The number of rotatable bonds is 3. The van der Waals surface area contributed by atoms with Gasteiger partial charge in [0.25, 0.3) is 0 Å². The summed E-state index contributed by atoms with van der Waals surface area (Å²) in [5.41, 5.74) is 2.28. The van der Waals surface area contributed by atoms with E-state index in [-0.39, 0.29) is 0 Å². The summed E-state index contributed by atoms with van der Waals surface area (Å²) in [6.45, 7) is 0.532. The first-order valence-corrected chi connectivity index (χ1v) is 4.93. The molecule has 0 radical (unpaired) electrons. The molecule has 0 atom stereocenters. The van der Waals surface area contributed by atoms with Crippen LogP contribution < -0.4 is 0 Å². The second-order valence-corrected chi connectivity index (χ2v) is 3.74. The zero-order valence-corrected chi connectivity index (χ0v) is 9.23. The molecule has 0 saturated heterocycles. The fraction of sp³-hybridized carbons (Fsp3) is 0.250. The van der Waals surface area contributed by atoms with E-state index < -0.39 is 5.97 Å². The van der Waals surface area contributed by atoms with Crippen LogP contribution in [0.1, 0.15) is 15.9 Å². The Morgan fingerprint density at radius 2 is 2.25 bits per heavy atom. The molecule has 0 fully saturated rings. The minimum atomic E-state index is -0.906. The highest BCUT2D eigenvalue weighted by molar-refractivity contribution is 5.94. The number of nitrogens with zero attached hydrogens (tertiary/aromatic N) is 1. The van der Waals surface area contributed by atoms with Gasteiger partial charge in [-0.1, -0.05) is 6.07 Å². The summed E-state index contributed by atoms with van der Waals surface area (Å²) >= 11 is 0. The fourth-order valence-corrected chi connectivity index (χ4v) is 1.87. The maximum Gasteiger partial charge on any atom is 0.335 e. The maximum absolute atomic E-state index is 10.9. The summed E-state index contributed by atoms with van der Waals surface area (Å²) in [5, 5.41) is 9.95. The Hall–Kier alpha value is -1.81. The molecule has 4 nitrogen and oxygen atoms in total. The van der Waals surface area contributed by atoms with Crippen LogP contribution >= 0.6 is 0 Å².